The number of sulfonamides is 1. The Morgan fingerprint density at radius 3 is 2.81 bits per heavy atom. The van der Waals surface area contributed by atoms with Gasteiger partial charge in [-0.15, -0.1) is 0 Å². The fourth-order valence-electron chi connectivity index (χ4n) is 2.92. The minimum atomic E-state index is -4.50. The van der Waals surface area contributed by atoms with E-state index in [4.69, 9.17) is 4.52 Å². The summed E-state index contributed by atoms with van der Waals surface area (Å²) in [6, 6.07) is 0. The first-order valence-corrected chi connectivity index (χ1v) is 9.97. The fraction of sp³-hybridized carbons (Fsp3) is 0.600. The number of rotatable bonds is 6. The van der Waals surface area contributed by atoms with Gasteiger partial charge in [-0.3, -0.25) is 4.98 Å². The normalized spacial score (nSPS) is 19.3. The van der Waals surface area contributed by atoms with Gasteiger partial charge in [-0.05, 0) is 18.8 Å². The highest BCUT2D eigenvalue weighted by Gasteiger charge is 2.34. The van der Waals surface area contributed by atoms with E-state index in [0.717, 1.165) is 10.7 Å². The van der Waals surface area contributed by atoms with Gasteiger partial charge in [0.15, 0.2) is 0 Å². The monoisotopic (exact) mass is 405 g/mol. The van der Waals surface area contributed by atoms with Crippen LogP contribution < -0.4 is 0 Å². The van der Waals surface area contributed by atoms with Crippen molar-refractivity contribution in [3.05, 3.63) is 24.5 Å². The lowest BCUT2D eigenvalue weighted by atomic mass is 9.96. The maximum atomic E-state index is 12.3. The van der Waals surface area contributed by atoms with Crippen molar-refractivity contribution in [1.82, 2.24) is 24.4 Å². The molecule has 0 unspecified atom stereocenters. The molecule has 1 aliphatic rings. The van der Waals surface area contributed by atoms with Crippen LogP contribution >= 0.6 is 0 Å². The van der Waals surface area contributed by atoms with E-state index in [2.05, 4.69) is 20.1 Å². The second-order valence-electron chi connectivity index (χ2n) is 6.35. The number of halogens is 3. The molecule has 2 aromatic rings. The van der Waals surface area contributed by atoms with Gasteiger partial charge < -0.3 is 4.52 Å². The summed E-state index contributed by atoms with van der Waals surface area (Å²) < 4.78 is 67.7. The maximum absolute atomic E-state index is 12.3. The molecular formula is C15H18F3N5O3S. The molecule has 0 amide bonds. The Balaban J connectivity index is 1.61. The Hall–Kier alpha value is -2.08. The van der Waals surface area contributed by atoms with Crippen LogP contribution in [0, 0.1) is 5.92 Å². The molecule has 1 fully saturated rings. The molecule has 0 saturated carbocycles. The lowest BCUT2D eigenvalue weighted by Crippen LogP contribution is -2.42. The number of hydrogen-bond acceptors (Lipinski definition) is 7. The summed E-state index contributed by atoms with van der Waals surface area (Å²) in [6.45, 7) is 0.369. The zero-order valence-electron chi connectivity index (χ0n) is 14.3. The molecule has 1 atom stereocenters. The number of aromatic nitrogens is 4. The minimum absolute atomic E-state index is 0.102. The van der Waals surface area contributed by atoms with Crippen molar-refractivity contribution < 1.29 is 26.1 Å². The van der Waals surface area contributed by atoms with Gasteiger partial charge in [0.25, 0.3) is 0 Å². The minimum Gasteiger partial charge on any atom is -0.339 e. The van der Waals surface area contributed by atoms with Gasteiger partial charge in [0.05, 0.1) is 18.4 Å². The maximum Gasteiger partial charge on any atom is 0.390 e. The molecule has 1 saturated heterocycles. The Kier molecular flexibility index (Phi) is 5.75. The van der Waals surface area contributed by atoms with Crippen LogP contribution in [0.5, 0.6) is 0 Å². The molecule has 0 bridgehead atoms. The van der Waals surface area contributed by atoms with Crippen molar-refractivity contribution >= 4 is 10.0 Å². The van der Waals surface area contributed by atoms with Crippen LogP contribution in [0.15, 0.2) is 23.1 Å². The summed E-state index contributed by atoms with van der Waals surface area (Å²) in [5.74, 6) is -0.422. The third kappa shape index (κ3) is 5.45. The van der Waals surface area contributed by atoms with Crippen LogP contribution in [-0.4, -0.2) is 57.9 Å². The first-order chi connectivity index (χ1) is 12.7. The highest BCUT2D eigenvalue weighted by molar-refractivity contribution is 7.89. The molecule has 0 radical (unpaired) electrons. The Morgan fingerprint density at radius 1 is 1.30 bits per heavy atom. The van der Waals surface area contributed by atoms with Gasteiger partial charge in [0.1, 0.15) is 5.69 Å². The highest BCUT2D eigenvalue weighted by atomic mass is 32.2. The van der Waals surface area contributed by atoms with Gasteiger partial charge in [0.2, 0.25) is 21.7 Å². The molecule has 0 spiro atoms. The van der Waals surface area contributed by atoms with Crippen LogP contribution in [0.25, 0.3) is 11.5 Å². The summed E-state index contributed by atoms with van der Waals surface area (Å²) in [7, 11) is -3.95. The second kappa shape index (κ2) is 7.89. The molecular weight excluding hydrogens is 387 g/mol. The predicted octanol–water partition coefficient (Wildman–Crippen LogP) is 2.06. The molecule has 3 heterocycles. The summed E-state index contributed by atoms with van der Waals surface area (Å²) in [5.41, 5.74) is 0.451. The van der Waals surface area contributed by atoms with E-state index in [0.29, 0.717) is 24.4 Å². The van der Waals surface area contributed by atoms with E-state index < -0.39 is 28.4 Å². The summed E-state index contributed by atoms with van der Waals surface area (Å²) >= 11 is 0. The Labute approximate surface area is 153 Å². The largest absolute Gasteiger partial charge is 0.390 e. The standard InChI is InChI=1S/C15H18F3N5O3S/c16-15(17,18)3-7-27(24,25)23-6-1-2-11(10-23)8-13-21-14(22-26-13)12-9-19-4-5-20-12/h4-5,9,11H,1-3,6-8,10H2/t11-/m1/s1. The first-order valence-electron chi connectivity index (χ1n) is 8.36. The van der Waals surface area contributed by atoms with E-state index >= 15 is 0 Å². The summed E-state index contributed by atoms with van der Waals surface area (Å²) in [5, 5.41) is 3.83. The zero-order valence-corrected chi connectivity index (χ0v) is 15.1. The molecule has 0 N–H and O–H groups in total. The average molecular weight is 405 g/mol. The molecule has 0 aliphatic carbocycles. The van der Waals surface area contributed by atoms with Crippen molar-refractivity contribution in [3.8, 4) is 11.5 Å². The van der Waals surface area contributed by atoms with Gasteiger partial charge in [-0.2, -0.15) is 18.2 Å². The van der Waals surface area contributed by atoms with Crippen molar-refractivity contribution in [1.29, 1.82) is 0 Å². The number of hydrogen-bond donors (Lipinski definition) is 0. The van der Waals surface area contributed by atoms with E-state index in [1.807, 2.05) is 0 Å². The van der Waals surface area contributed by atoms with Crippen LogP contribution in [0.4, 0.5) is 13.2 Å². The van der Waals surface area contributed by atoms with Crippen LogP contribution in [-0.2, 0) is 16.4 Å². The molecule has 2 aromatic heterocycles. The van der Waals surface area contributed by atoms with Crippen LogP contribution in [0.1, 0.15) is 25.2 Å². The lowest BCUT2D eigenvalue weighted by Gasteiger charge is -2.31. The molecule has 0 aromatic carbocycles. The third-order valence-corrected chi connectivity index (χ3v) is 6.08. The Morgan fingerprint density at radius 2 is 2.11 bits per heavy atom. The van der Waals surface area contributed by atoms with E-state index in [-0.39, 0.29) is 24.8 Å². The number of alkyl halides is 3. The van der Waals surface area contributed by atoms with E-state index in [1.54, 1.807) is 0 Å². The second-order valence-corrected chi connectivity index (χ2v) is 8.44. The molecule has 1 aliphatic heterocycles. The summed E-state index contributed by atoms with van der Waals surface area (Å²) in [6.07, 6.45) is 0.304. The smallest absolute Gasteiger partial charge is 0.339 e. The first kappa shape index (κ1) is 19.7. The third-order valence-electron chi connectivity index (χ3n) is 4.24. The van der Waals surface area contributed by atoms with Gasteiger partial charge in [0, 0.05) is 31.9 Å². The van der Waals surface area contributed by atoms with Gasteiger partial charge in [-0.25, -0.2) is 17.7 Å². The Bertz CT molecular complexity index is 857. The predicted molar refractivity (Wildman–Crippen MR) is 87.8 cm³/mol. The van der Waals surface area contributed by atoms with Crippen molar-refractivity contribution in [2.45, 2.75) is 31.9 Å². The fourth-order valence-corrected chi connectivity index (χ4v) is 4.52. The average Bonchev–Trinajstić information content (AvgIpc) is 3.09. The zero-order chi connectivity index (χ0) is 19.5. The van der Waals surface area contributed by atoms with Crippen molar-refractivity contribution in [2.24, 2.45) is 5.92 Å². The van der Waals surface area contributed by atoms with Gasteiger partial charge >= 0.3 is 6.18 Å². The number of nitrogens with zero attached hydrogens (tertiary/aromatic N) is 5. The molecule has 27 heavy (non-hydrogen) atoms. The molecule has 8 nitrogen and oxygen atoms in total. The molecule has 3 rings (SSSR count). The topological polar surface area (TPSA) is 102 Å². The van der Waals surface area contributed by atoms with E-state index in [9.17, 15) is 21.6 Å². The molecule has 12 heteroatoms. The van der Waals surface area contributed by atoms with Crippen LogP contribution in [0.2, 0.25) is 0 Å². The summed E-state index contributed by atoms with van der Waals surface area (Å²) in [4.78, 5) is 12.2. The van der Waals surface area contributed by atoms with Gasteiger partial charge in [-0.1, -0.05) is 5.16 Å². The SMILES string of the molecule is O=S(=O)(CCC(F)(F)F)N1CCC[C@H](Cc2nc(-c3cnccn3)no2)C1. The lowest BCUT2D eigenvalue weighted by molar-refractivity contribution is -0.130. The van der Waals surface area contributed by atoms with Crippen molar-refractivity contribution in [2.75, 3.05) is 18.8 Å². The highest BCUT2D eigenvalue weighted by Crippen LogP contribution is 2.26. The quantitative estimate of drug-likeness (QED) is 0.725. The van der Waals surface area contributed by atoms with E-state index in [1.165, 1.54) is 18.6 Å². The van der Waals surface area contributed by atoms with Crippen molar-refractivity contribution in [3.63, 3.8) is 0 Å². The number of piperidine rings is 1. The molecule has 148 valence electrons. The van der Waals surface area contributed by atoms with Crippen LogP contribution in [0.3, 0.4) is 0 Å².